The van der Waals surface area contributed by atoms with E-state index in [4.69, 9.17) is 21.8 Å². The summed E-state index contributed by atoms with van der Waals surface area (Å²) in [5.41, 5.74) is 6.23. The van der Waals surface area contributed by atoms with Crippen LogP contribution in [0.5, 0.6) is 0 Å². The number of piperazine rings is 1. The van der Waals surface area contributed by atoms with Crippen LogP contribution in [0, 0.1) is 11.3 Å². The van der Waals surface area contributed by atoms with Crippen molar-refractivity contribution in [3.63, 3.8) is 0 Å². The van der Waals surface area contributed by atoms with Crippen molar-refractivity contribution < 1.29 is 17.6 Å². The van der Waals surface area contributed by atoms with Crippen LogP contribution in [0.25, 0.3) is 0 Å². The van der Waals surface area contributed by atoms with Crippen molar-refractivity contribution in [2.45, 2.75) is 5.09 Å². The number of anilines is 1. The third kappa shape index (κ3) is 3.39. The highest BCUT2D eigenvalue weighted by Crippen LogP contribution is 2.26. The molecule has 0 aliphatic carbocycles. The summed E-state index contributed by atoms with van der Waals surface area (Å²) >= 11 is 5.91. The first-order valence-electron chi connectivity index (χ1n) is 7.67. The molecule has 10 heteroatoms. The fourth-order valence-electron chi connectivity index (χ4n) is 2.76. The van der Waals surface area contributed by atoms with E-state index in [9.17, 15) is 18.5 Å². The van der Waals surface area contributed by atoms with Gasteiger partial charge in [0.1, 0.15) is 6.07 Å². The summed E-state index contributed by atoms with van der Waals surface area (Å²) in [6, 6.07) is 9.56. The van der Waals surface area contributed by atoms with Crippen molar-refractivity contribution in [2.24, 2.45) is 5.73 Å². The number of halogens is 1. The van der Waals surface area contributed by atoms with Gasteiger partial charge in [-0.15, -0.1) is 0 Å². The molecular weight excluding hydrogens is 380 g/mol. The molecule has 1 aromatic heterocycles. The van der Waals surface area contributed by atoms with Crippen LogP contribution in [0.15, 0.2) is 39.8 Å². The van der Waals surface area contributed by atoms with Crippen LogP contribution >= 0.6 is 11.6 Å². The predicted molar refractivity (Wildman–Crippen MR) is 94.4 cm³/mol. The second-order valence-corrected chi connectivity index (χ2v) is 7.95. The second-order valence-electron chi connectivity index (χ2n) is 5.65. The fraction of sp³-hybridized carbons (Fsp3) is 0.250. The minimum atomic E-state index is -3.86. The van der Waals surface area contributed by atoms with E-state index in [1.807, 2.05) is 4.90 Å². The van der Waals surface area contributed by atoms with Gasteiger partial charge in [0.05, 0.1) is 11.3 Å². The van der Waals surface area contributed by atoms with Crippen molar-refractivity contribution in [1.29, 1.82) is 5.26 Å². The number of hydrogen-bond donors (Lipinski definition) is 1. The molecule has 1 amide bonds. The third-order valence-corrected chi connectivity index (χ3v) is 6.08. The summed E-state index contributed by atoms with van der Waals surface area (Å²) in [5.74, 6) is -1.04. The van der Waals surface area contributed by atoms with E-state index in [0.717, 1.165) is 0 Å². The first-order chi connectivity index (χ1) is 12.3. The Morgan fingerprint density at radius 3 is 2.46 bits per heavy atom. The number of carbonyl (C=O) groups excluding carboxylic acids is 1. The number of primary amides is 1. The van der Waals surface area contributed by atoms with Gasteiger partial charge in [-0.25, -0.2) is 8.42 Å². The molecule has 8 nitrogen and oxygen atoms in total. The Balaban J connectivity index is 1.76. The first kappa shape index (κ1) is 18.3. The van der Waals surface area contributed by atoms with Crippen LogP contribution in [-0.4, -0.2) is 44.8 Å². The largest absolute Gasteiger partial charge is 0.438 e. The summed E-state index contributed by atoms with van der Waals surface area (Å²) < 4.78 is 31.6. The van der Waals surface area contributed by atoms with Gasteiger partial charge in [-0.1, -0.05) is 11.6 Å². The monoisotopic (exact) mass is 394 g/mol. The normalized spacial score (nSPS) is 15.6. The molecule has 0 radical (unpaired) electrons. The Labute approximate surface area is 155 Å². The second kappa shape index (κ2) is 6.99. The zero-order chi connectivity index (χ0) is 18.9. The summed E-state index contributed by atoms with van der Waals surface area (Å²) in [6.45, 7) is 1.22. The van der Waals surface area contributed by atoms with Gasteiger partial charge in [-0.2, -0.15) is 9.57 Å². The number of rotatable bonds is 4. The Morgan fingerprint density at radius 2 is 1.88 bits per heavy atom. The minimum absolute atomic E-state index is 0.206. The van der Waals surface area contributed by atoms with Crippen LogP contribution in [-0.2, 0) is 10.0 Å². The van der Waals surface area contributed by atoms with Crippen molar-refractivity contribution >= 4 is 33.2 Å². The lowest BCUT2D eigenvalue weighted by atomic mass is 10.1. The predicted octanol–water partition coefficient (Wildman–Crippen LogP) is 1.41. The summed E-state index contributed by atoms with van der Waals surface area (Å²) in [5, 5.41) is 9.41. The summed E-state index contributed by atoms with van der Waals surface area (Å²) in [7, 11) is -3.86. The number of benzene rings is 1. The minimum Gasteiger partial charge on any atom is -0.438 e. The molecule has 26 heavy (non-hydrogen) atoms. The quantitative estimate of drug-likeness (QED) is 0.836. The smallest absolute Gasteiger partial charge is 0.284 e. The van der Waals surface area contributed by atoms with Crippen molar-refractivity contribution in [1.82, 2.24) is 4.31 Å². The zero-order valence-electron chi connectivity index (χ0n) is 13.6. The SMILES string of the molecule is N#Cc1cc(Cl)ccc1N1CCN(S(=O)(=O)c2ccc(C(N)=O)o2)CC1. The maximum atomic E-state index is 12.6. The van der Waals surface area contributed by atoms with E-state index in [1.165, 1.54) is 16.4 Å². The molecular formula is C16H15ClN4O4S. The number of furan rings is 1. The van der Waals surface area contributed by atoms with Gasteiger partial charge in [0.2, 0.25) is 5.09 Å². The number of nitrogens with zero attached hydrogens (tertiary/aromatic N) is 3. The molecule has 136 valence electrons. The van der Waals surface area contributed by atoms with Gasteiger partial charge in [0.15, 0.2) is 5.76 Å². The molecule has 1 saturated heterocycles. The van der Waals surface area contributed by atoms with Crippen LogP contribution in [0.1, 0.15) is 16.1 Å². The molecule has 0 spiro atoms. The van der Waals surface area contributed by atoms with E-state index in [1.54, 1.807) is 18.2 Å². The molecule has 2 N–H and O–H groups in total. The standard InChI is InChI=1S/C16H15ClN4O4S/c17-12-1-2-13(11(9-12)10-18)20-5-7-21(8-6-20)26(23,24)15-4-3-14(25-15)16(19)22/h1-4,9H,5-8H2,(H2,19,22). The van der Waals surface area contributed by atoms with Crippen LogP contribution < -0.4 is 10.6 Å². The van der Waals surface area contributed by atoms with E-state index in [0.29, 0.717) is 29.4 Å². The lowest BCUT2D eigenvalue weighted by molar-refractivity contribution is 0.0968. The maximum Gasteiger partial charge on any atom is 0.284 e. The molecule has 0 atom stereocenters. The number of sulfonamides is 1. The van der Waals surface area contributed by atoms with Crippen molar-refractivity contribution in [2.75, 3.05) is 31.1 Å². The van der Waals surface area contributed by atoms with Gasteiger partial charge in [0, 0.05) is 31.2 Å². The first-order valence-corrected chi connectivity index (χ1v) is 9.49. The molecule has 0 saturated carbocycles. The Hall–Kier alpha value is -2.54. The average molecular weight is 395 g/mol. The highest BCUT2D eigenvalue weighted by Gasteiger charge is 2.32. The van der Waals surface area contributed by atoms with E-state index in [-0.39, 0.29) is 23.9 Å². The summed E-state index contributed by atoms with van der Waals surface area (Å²) in [6.07, 6.45) is 0. The average Bonchev–Trinajstić information content (AvgIpc) is 3.13. The number of amides is 1. The lowest BCUT2D eigenvalue weighted by Crippen LogP contribution is -2.48. The van der Waals surface area contributed by atoms with Crippen molar-refractivity contribution in [3.8, 4) is 6.07 Å². The molecule has 2 aromatic rings. The highest BCUT2D eigenvalue weighted by molar-refractivity contribution is 7.89. The van der Waals surface area contributed by atoms with Crippen molar-refractivity contribution in [3.05, 3.63) is 46.7 Å². The number of nitriles is 1. The number of nitrogens with two attached hydrogens (primary N) is 1. The molecule has 0 unspecified atom stereocenters. The van der Waals surface area contributed by atoms with Gasteiger partial charge < -0.3 is 15.1 Å². The van der Waals surface area contributed by atoms with Gasteiger partial charge in [-0.05, 0) is 30.3 Å². The molecule has 1 aromatic carbocycles. The van der Waals surface area contributed by atoms with Gasteiger partial charge in [-0.3, -0.25) is 4.79 Å². The van der Waals surface area contributed by atoms with Crippen LogP contribution in [0.4, 0.5) is 5.69 Å². The maximum absolute atomic E-state index is 12.6. The third-order valence-electron chi connectivity index (χ3n) is 4.08. The number of carbonyl (C=O) groups is 1. The van der Waals surface area contributed by atoms with Crippen LogP contribution in [0.3, 0.4) is 0 Å². The van der Waals surface area contributed by atoms with E-state index < -0.39 is 15.9 Å². The highest BCUT2D eigenvalue weighted by atomic mass is 35.5. The molecule has 3 rings (SSSR count). The van der Waals surface area contributed by atoms with Gasteiger partial charge >= 0.3 is 0 Å². The van der Waals surface area contributed by atoms with E-state index >= 15 is 0 Å². The van der Waals surface area contributed by atoms with E-state index in [2.05, 4.69) is 6.07 Å². The lowest BCUT2D eigenvalue weighted by Gasteiger charge is -2.35. The van der Waals surface area contributed by atoms with Gasteiger partial charge in [0.25, 0.3) is 15.9 Å². The Bertz CT molecular complexity index is 988. The molecule has 0 bridgehead atoms. The number of hydrogen-bond acceptors (Lipinski definition) is 6. The molecule has 1 aliphatic heterocycles. The Kier molecular flexibility index (Phi) is 4.91. The van der Waals surface area contributed by atoms with Crippen LogP contribution in [0.2, 0.25) is 5.02 Å². The Morgan fingerprint density at radius 1 is 1.19 bits per heavy atom. The molecule has 2 heterocycles. The molecule has 1 aliphatic rings. The topological polar surface area (TPSA) is 121 Å². The fourth-order valence-corrected chi connectivity index (χ4v) is 4.27. The zero-order valence-corrected chi connectivity index (χ0v) is 15.1. The summed E-state index contributed by atoms with van der Waals surface area (Å²) in [4.78, 5) is 13.0. The molecule has 1 fully saturated rings.